The first-order valence-corrected chi connectivity index (χ1v) is 7.29. The zero-order valence-corrected chi connectivity index (χ0v) is 13.1. The van der Waals surface area contributed by atoms with E-state index in [1.807, 2.05) is 0 Å². The van der Waals surface area contributed by atoms with Crippen LogP contribution >= 0.6 is 0 Å². The molecule has 1 heterocycles. The Balaban J connectivity index is 2.15. The first kappa shape index (κ1) is 16.8. The third-order valence-electron chi connectivity index (χ3n) is 3.98. The van der Waals surface area contributed by atoms with Crippen molar-refractivity contribution >= 4 is 11.9 Å². The van der Waals surface area contributed by atoms with Crippen LogP contribution in [0.2, 0.25) is 0 Å². The summed E-state index contributed by atoms with van der Waals surface area (Å²) >= 11 is 0. The summed E-state index contributed by atoms with van der Waals surface area (Å²) in [7, 11) is 1.45. The van der Waals surface area contributed by atoms with E-state index in [1.165, 1.54) is 49.5 Å². The molecule has 2 N–H and O–H groups in total. The number of hydrogen-bond acceptors (Lipinski definition) is 4. The number of aliphatic imine (C=N–C) groups is 1. The van der Waals surface area contributed by atoms with Gasteiger partial charge in [0.1, 0.15) is 11.6 Å². The van der Waals surface area contributed by atoms with E-state index in [0.717, 1.165) is 4.90 Å². The summed E-state index contributed by atoms with van der Waals surface area (Å²) in [5, 5.41) is 0. The SMILES string of the molecule is CN1C(=O)C(c2ccc(OC(F)F)cc2)(c2cccc(F)c2)N=C1N. The Labute approximate surface area is 141 Å². The van der Waals surface area contributed by atoms with E-state index in [2.05, 4.69) is 9.73 Å². The number of amides is 1. The normalized spacial score (nSPS) is 20.1. The molecule has 1 atom stereocenters. The van der Waals surface area contributed by atoms with E-state index in [4.69, 9.17) is 5.73 Å². The third-order valence-corrected chi connectivity index (χ3v) is 3.98. The molecular weight excluding hydrogens is 335 g/mol. The molecule has 0 fully saturated rings. The molecule has 8 heteroatoms. The molecule has 0 spiro atoms. The zero-order valence-electron chi connectivity index (χ0n) is 13.1. The molecule has 0 aromatic heterocycles. The standard InChI is InChI=1S/C17H14F3N3O2/c1-23-14(24)17(22-16(23)21,11-3-2-4-12(18)9-11)10-5-7-13(8-6-10)25-15(19)20/h2-9,15H,1H3,(H2,21,22). The highest BCUT2D eigenvalue weighted by atomic mass is 19.3. The van der Waals surface area contributed by atoms with Gasteiger partial charge in [-0.2, -0.15) is 8.78 Å². The number of likely N-dealkylation sites (N-methyl/N-ethyl adjacent to an activating group) is 1. The third kappa shape index (κ3) is 2.79. The van der Waals surface area contributed by atoms with E-state index in [1.54, 1.807) is 6.07 Å². The van der Waals surface area contributed by atoms with Crippen LogP contribution in [0.15, 0.2) is 53.5 Å². The highest BCUT2D eigenvalue weighted by Gasteiger charge is 2.49. The van der Waals surface area contributed by atoms with Gasteiger partial charge in [0.15, 0.2) is 11.5 Å². The quantitative estimate of drug-likeness (QED) is 0.922. The Morgan fingerprint density at radius 3 is 2.36 bits per heavy atom. The minimum absolute atomic E-state index is 0.0258. The molecule has 1 aliphatic heterocycles. The van der Waals surface area contributed by atoms with Crippen LogP contribution in [0.1, 0.15) is 11.1 Å². The lowest BCUT2D eigenvalue weighted by Crippen LogP contribution is -2.41. The van der Waals surface area contributed by atoms with Crippen LogP contribution in [0.25, 0.3) is 0 Å². The fourth-order valence-electron chi connectivity index (χ4n) is 2.78. The smallest absolute Gasteiger partial charge is 0.387 e. The molecule has 0 saturated heterocycles. The molecule has 130 valence electrons. The van der Waals surface area contributed by atoms with Gasteiger partial charge in [-0.1, -0.05) is 24.3 Å². The van der Waals surface area contributed by atoms with E-state index in [0.29, 0.717) is 5.56 Å². The van der Waals surface area contributed by atoms with Crippen molar-refractivity contribution in [3.05, 3.63) is 65.5 Å². The number of rotatable bonds is 4. The van der Waals surface area contributed by atoms with Crippen LogP contribution in [0, 0.1) is 5.82 Å². The molecule has 0 saturated carbocycles. The van der Waals surface area contributed by atoms with E-state index >= 15 is 0 Å². The van der Waals surface area contributed by atoms with Crippen LogP contribution < -0.4 is 10.5 Å². The van der Waals surface area contributed by atoms with E-state index in [9.17, 15) is 18.0 Å². The largest absolute Gasteiger partial charge is 0.435 e. The molecule has 3 rings (SSSR count). The summed E-state index contributed by atoms with van der Waals surface area (Å²) in [5.74, 6) is -1.10. The molecule has 1 aliphatic rings. The Morgan fingerprint density at radius 1 is 1.16 bits per heavy atom. The fraction of sp³-hybridized carbons (Fsp3) is 0.176. The summed E-state index contributed by atoms with van der Waals surface area (Å²) in [6, 6.07) is 10.9. The van der Waals surface area contributed by atoms with E-state index in [-0.39, 0.29) is 17.3 Å². The minimum Gasteiger partial charge on any atom is -0.435 e. The minimum atomic E-state index is -2.96. The molecule has 0 bridgehead atoms. The van der Waals surface area contributed by atoms with Gasteiger partial charge in [-0.3, -0.25) is 9.69 Å². The molecular formula is C17H14F3N3O2. The lowest BCUT2D eigenvalue weighted by molar-refractivity contribution is -0.129. The molecule has 2 aromatic carbocycles. The van der Waals surface area contributed by atoms with Crippen LogP contribution in [0.3, 0.4) is 0 Å². The average molecular weight is 349 g/mol. The molecule has 2 aromatic rings. The second kappa shape index (κ2) is 6.12. The Hall–Kier alpha value is -3.03. The lowest BCUT2D eigenvalue weighted by atomic mass is 9.83. The van der Waals surface area contributed by atoms with Crippen LogP contribution in [-0.2, 0) is 10.3 Å². The number of hydrogen-bond donors (Lipinski definition) is 1. The predicted octanol–water partition coefficient (Wildman–Crippen LogP) is 2.46. The predicted molar refractivity (Wildman–Crippen MR) is 84.6 cm³/mol. The average Bonchev–Trinajstić information content (AvgIpc) is 2.80. The van der Waals surface area contributed by atoms with Crippen LogP contribution in [0.5, 0.6) is 5.75 Å². The van der Waals surface area contributed by atoms with Gasteiger partial charge >= 0.3 is 6.61 Å². The molecule has 5 nitrogen and oxygen atoms in total. The number of carbonyl (C=O) groups excluding carboxylic acids is 1. The Kier molecular flexibility index (Phi) is 4.12. The van der Waals surface area contributed by atoms with Crippen molar-refractivity contribution < 1.29 is 22.7 Å². The van der Waals surface area contributed by atoms with Gasteiger partial charge in [0.2, 0.25) is 0 Å². The lowest BCUT2D eigenvalue weighted by Gasteiger charge is -2.26. The number of guanidine groups is 1. The van der Waals surface area contributed by atoms with Gasteiger partial charge in [-0.15, -0.1) is 0 Å². The van der Waals surface area contributed by atoms with Crippen molar-refractivity contribution in [2.75, 3.05) is 7.05 Å². The number of carbonyl (C=O) groups is 1. The molecule has 0 radical (unpaired) electrons. The maximum Gasteiger partial charge on any atom is 0.387 e. The van der Waals surface area contributed by atoms with Crippen molar-refractivity contribution in [3.63, 3.8) is 0 Å². The van der Waals surface area contributed by atoms with Gasteiger partial charge < -0.3 is 10.5 Å². The van der Waals surface area contributed by atoms with Crippen molar-refractivity contribution in [2.24, 2.45) is 10.7 Å². The van der Waals surface area contributed by atoms with Gasteiger partial charge in [0.25, 0.3) is 5.91 Å². The van der Waals surface area contributed by atoms with Crippen molar-refractivity contribution in [3.8, 4) is 5.75 Å². The van der Waals surface area contributed by atoms with Crippen molar-refractivity contribution in [1.29, 1.82) is 0 Å². The summed E-state index contributed by atoms with van der Waals surface area (Å²) < 4.78 is 42.7. The summed E-state index contributed by atoms with van der Waals surface area (Å²) in [6.45, 7) is -2.96. The highest BCUT2D eigenvalue weighted by Crippen LogP contribution is 2.40. The number of alkyl halides is 2. The fourth-order valence-corrected chi connectivity index (χ4v) is 2.78. The van der Waals surface area contributed by atoms with Crippen molar-refractivity contribution in [1.82, 2.24) is 4.90 Å². The molecule has 25 heavy (non-hydrogen) atoms. The van der Waals surface area contributed by atoms with Crippen LogP contribution in [0.4, 0.5) is 13.2 Å². The number of benzene rings is 2. The molecule has 1 amide bonds. The van der Waals surface area contributed by atoms with Gasteiger partial charge in [-0.05, 0) is 35.4 Å². The first-order chi connectivity index (χ1) is 11.8. The second-order valence-electron chi connectivity index (χ2n) is 5.46. The van der Waals surface area contributed by atoms with Gasteiger partial charge in [0, 0.05) is 7.05 Å². The topological polar surface area (TPSA) is 67.9 Å². The monoisotopic (exact) mass is 349 g/mol. The number of nitrogens with zero attached hydrogens (tertiary/aromatic N) is 2. The molecule has 1 unspecified atom stereocenters. The maximum atomic E-state index is 13.7. The Morgan fingerprint density at radius 2 is 1.84 bits per heavy atom. The van der Waals surface area contributed by atoms with Gasteiger partial charge in [0.05, 0.1) is 0 Å². The van der Waals surface area contributed by atoms with Crippen molar-refractivity contribution in [2.45, 2.75) is 12.2 Å². The first-order valence-electron chi connectivity index (χ1n) is 7.29. The van der Waals surface area contributed by atoms with Gasteiger partial charge in [-0.25, -0.2) is 9.38 Å². The number of ether oxygens (including phenoxy) is 1. The summed E-state index contributed by atoms with van der Waals surface area (Å²) in [4.78, 5) is 18.3. The number of halogens is 3. The maximum absolute atomic E-state index is 13.7. The Bertz CT molecular complexity index is 839. The molecule has 0 aliphatic carbocycles. The summed E-state index contributed by atoms with van der Waals surface area (Å²) in [6.07, 6.45) is 0. The summed E-state index contributed by atoms with van der Waals surface area (Å²) in [5.41, 5.74) is 4.85. The number of nitrogens with two attached hydrogens (primary N) is 1. The zero-order chi connectivity index (χ0) is 18.2. The highest BCUT2D eigenvalue weighted by molar-refractivity contribution is 6.08. The second-order valence-corrected chi connectivity index (χ2v) is 5.46. The van der Waals surface area contributed by atoms with Crippen LogP contribution in [-0.4, -0.2) is 30.4 Å². The van der Waals surface area contributed by atoms with E-state index < -0.39 is 23.9 Å².